The second-order valence-corrected chi connectivity index (χ2v) is 3.73. The first kappa shape index (κ1) is 10.9. The lowest BCUT2D eigenvalue weighted by atomic mass is 9.79. The Hall–Kier alpha value is -0.0700. The van der Waals surface area contributed by atoms with Crippen LogP contribution in [0.4, 0.5) is 4.39 Å². The van der Waals surface area contributed by atoms with E-state index in [0.717, 1.165) is 19.3 Å². The smallest absolute Gasteiger partial charge is 0.103 e. The standard InChI is InChI=1S/C10H21F/c1-5-7-8-10(4,6-2)9(3)11/h9H,5-8H2,1-4H3. The van der Waals surface area contributed by atoms with E-state index in [9.17, 15) is 4.39 Å². The van der Waals surface area contributed by atoms with Gasteiger partial charge in [0.05, 0.1) is 0 Å². The van der Waals surface area contributed by atoms with Crippen LogP contribution in [0.15, 0.2) is 0 Å². The summed E-state index contributed by atoms with van der Waals surface area (Å²) in [5.74, 6) is 0. The van der Waals surface area contributed by atoms with Crippen molar-refractivity contribution in [1.29, 1.82) is 0 Å². The van der Waals surface area contributed by atoms with Gasteiger partial charge >= 0.3 is 0 Å². The molecule has 1 heteroatoms. The molecule has 0 aliphatic heterocycles. The van der Waals surface area contributed by atoms with Gasteiger partial charge in [0.25, 0.3) is 0 Å². The topological polar surface area (TPSA) is 0 Å². The second kappa shape index (κ2) is 4.74. The third-order valence-corrected chi connectivity index (χ3v) is 2.87. The highest BCUT2D eigenvalue weighted by molar-refractivity contribution is 4.77. The lowest BCUT2D eigenvalue weighted by Crippen LogP contribution is -2.25. The SMILES string of the molecule is CCCCC(C)(CC)C(C)F. The van der Waals surface area contributed by atoms with Crippen molar-refractivity contribution in [3.8, 4) is 0 Å². The van der Waals surface area contributed by atoms with E-state index in [0.29, 0.717) is 0 Å². The molecule has 0 N–H and O–H groups in total. The molecule has 0 aromatic carbocycles. The van der Waals surface area contributed by atoms with E-state index in [4.69, 9.17) is 0 Å². The van der Waals surface area contributed by atoms with Gasteiger partial charge in [-0.3, -0.25) is 0 Å². The minimum atomic E-state index is -0.668. The predicted molar refractivity (Wildman–Crippen MR) is 48.5 cm³/mol. The molecular formula is C10H21F. The average molecular weight is 160 g/mol. The zero-order valence-corrected chi connectivity index (χ0v) is 8.28. The van der Waals surface area contributed by atoms with Gasteiger partial charge < -0.3 is 0 Å². The molecule has 2 unspecified atom stereocenters. The molecule has 11 heavy (non-hydrogen) atoms. The van der Waals surface area contributed by atoms with Crippen molar-refractivity contribution in [2.75, 3.05) is 0 Å². The molecule has 0 aromatic heterocycles. The first-order chi connectivity index (χ1) is 5.06. The molecule has 0 bridgehead atoms. The molecule has 68 valence electrons. The molecule has 0 fully saturated rings. The van der Waals surface area contributed by atoms with Crippen LogP contribution in [0, 0.1) is 5.41 Å². The van der Waals surface area contributed by atoms with Crippen molar-refractivity contribution in [1.82, 2.24) is 0 Å². The quantitative estimate of drug-likeness (QED) is 0.571. The van der Waals surface area contributed by atoms with Gasteiger partial charge in [-0.1, -0.05) is 33.6 Å². The molecule has 0 nitrogen and oxygen atoms in total. The van der Waals surface area contributed by atoms with Crippen molar-refractivity contribution >= 4 is 0 Å². The zero-order valence-electron chi connectivity index (χ0n) is 8.28. The molecule has 0 amide bonds. The summed E-state index contributed by atoms with van der Waals surface area (Å²) in [5.41, 5.74) is -0.0734. The van der Waals surface area contributed by atoms with Crippen LogP contribution in [0.2, 0.25) is 0 Å². The van der Waals surface area contributed by atoms with Gasteiger partial charge in [0, 0.05) is 0 Å². The molecule has 0 heterocycles. The first-order valence-electron chi connectivity index (χ1n) is 4.71. The second-order valence-electron chi connectivity index (χ2n) is 3.73. The van der Waals surface area contributed by atoms with Gasteiger partial charge in [0.2, 0.25) is 0 Å². The summed E-state index contributed by atoms with van der Waals surface area (Å²) >= 11 is 0. The molecule has 0 aliphatic carbocycles. The molecule has 0 spiro atoms. The zero-order chi connectivity index (χ0) is 8.91. The fraction of sp³-hybridized carbons (Fsp3) is 1.00. The Morgan fingerprint density at radius 3 is 2.18 bits per heavy atom. The van der Waals surface area contributed by atoms with Crippen LogP contribution in [0.3, 0.4) is 0 Å². The van der Waals surface area contributed by atoms with Gasteiger partial charge in [-0.15, -0.1) is 0 Å². The summed E-state index contributed by atoms with van der Waals surface area (Å²) in [6, 6.07) is 0. The Morgan fingerprint density at radius 1 is 1.36 bits per heavy atom. The molecule has 2 atom stereocenters. The average Bonchev–Trinajstić information content (AvgIpc) is 2.00. The summed E-state index contributed by atoms with van der Waals surface area (Å²) < 4.78 is 13.1. The van der Waals surface area contributed by atoms with Crippen molar-refractivity contribution < 1.29 is 4.39 Å². The molecule has 0 radical (unpaired) electrons. The molecule has 0 aliphatic rings. The van der Waals surface area contributed by atoms with Crippen LogP contribution in [0.5, 0.6) is 0 Å². The van der Waals surface area contributed by atoms with E-state index in [-0.39, 0.29) is 5.41 Å². The Labute approximate surface area is 70.2 Å². The number of rotatable bonds is 5. The fourth-order valence-electron chi connectivity index (χ4n) is 1.24. The molecule has 0 aromatic rings. The van der Waals surface area contributed by atoms with E-state index in [1.54, 1.807) is 6.92 Å². The lowest BCUT2D eigenvalue weighted by Gasteiger charge is -2.29. The van der Waals surface area contributed by atoms with Crippen molar-refractivity contribution in [2.45, 2.75) is 59.5 Å². The lowest BCUT2D eigenvalue weighted by molar-refractivity contribution is 0.120. The maximum absolute atomic E-state index is 13.1. The van der Waals surface area contributed by atoms with Crippen LogP contribution in [0.1, 0.15) is 53.4 Å². The van der Waals surface area contributed by atoms with E-state index in [2.05, 4.69) is 13.8 Å². The highest BCUT2D eigenvalue weighted by Gasteiger charge is 2.28. The van der Waals surface area contributed by atoms with E-state index < -0.39 is 6.17 Å². The minimum absolute atomic E-state index is 0.0734. The fourth-order valence-corrected chi connectivity index (χ4v) is 1.24. The van der Waals surface area contributed by atoms with Crippen LogP contribution in [0.25, 0.3) is 0 Å². The summed E-state index contributed by atoms with van der Waals surface area (Å²) in [6.45, 7) is 7.96. The van der Waals surface area contributed by atoms with Crippen molar-refractivity contribution in [3.63, 3.8) is 0 Å². The number of unbranched alkanes of at least 4 members (excludes halogenated alkanes) is 1. The normalized spacial score (nSPS) is 19.4. The predicted octanol–water partition coefficient (Wildman–Crippen LogP) is 3.95. The van der Waals surface area contributed by atoms with Crippen LogP contribution < -0.4 is 0 Å². The van der Waals surface area contributed by atoms with Gasteiger partial charge in [-0.25, -0.2) is 4.39 Å². The molecule has 0 saturated heterocycles. The minimum Gasteiger partial charge on any atom is -0.247 e. The Bertz CT molecular complexity index is 99.0. The van der Waals surface area contributed by atoms with Crippen molar-refractivity contribution in [3.05, 3.63) is 0 Å². The third-order valence-electron chi connectivity index (χ3n) is 2.87. The van der Waals surface area contributed by atoms with Crippen LogP contribution >= 0.6 is 0 Å². The Balaban J connectivity index is 3.88. The van der Waals surface area contributed by atoms with Gasteiger partial charge in [0.15, 0.2) is 0 Å². The molecular weight excluding hydrogens is 139 g/mol. The number of hydrogen-bond donors (Lipinski definition) is 0. The number of halogens is 1. The van der Waals surface area contributed by atoms with Crippen LogP contribution in [-0.2, 0) is 0 Å². The molecule has 0 rings (SSSR count). The van der Waals surface area contributed by atoms with E-state index >= 15 is 0 Å². The Kier molecular flexibility index (Phi) is 4.71. The highest BCUT2D eigenvalue weighted by atomic mass is 19.1. The van der Waals surface area contributed by atoms with E-state index in [1.165, 1.54) is 6.42 Å². The maximum Gasteiger partial charge on any atom is 0.103 e. The Morgan fingerprint density at radius 2 is 1.91 bits per heavy atom. The summed E-state index contributed by atoms with van der Waals surface area (Å²) in [4.78, 5) is 0. The van der Waals surface area contributed by atoms with Gasteiger partial charge in [-0.05, 0) is 25.2 Å². The monoisotopic (exact) mass is 160 g/mol. The van der Waals surface area contributed by atoms with E-state index in [1.807, 2.05) is 6.92 Å². The maximum atomic E-state index is 13.1. The number of hydrogen-bond acceptors (Lipinski definition) is 0. The summed E-state index contributed by atoms with van der Waals surface area (Å²) in [7, 11) is 0. The first-order valence-corrected chi connectivity index (χ1v) is 4.71. The summed E-state index contributed by atoms with van der Waals surface area (Å²) in [6.07, 6.45) is 3.63. The van der Waals surface area contributed by atoms with Gasteiger partial charge in [0.1, 0.15) is 6.17 Å². The highest BCUT2D eigenvalue weighted by Crippen LogP contribution is 2.33. The molecule has 0 saturated carbocycles. The summed E-state index contributed by atoms with van der Waals surface area (Å²) in [5, 5.41) is 0. The third kappa shape index (κ3) is 3.22. The van der Waals surface area contributed by atoms with Gasteiger partial charge in [-0.2, -0.15) is 0 Å². The number of alkyl halides is 1. The van der Waals surface area contributed by atoms with Crippen molar-refractivity contribution in [2.24, 2.45) is 5.41 Å². The largest absolute Gasteiger partial charge is 0.247 e. The van der Waals surface area contributed by atoms with Crippen LogP contribution in [-0.4, -0.2) is 6.17 Å².